The number of carbonyl (C=O) groups excluding carboxylic acids is 1. The van der Waals surface area contributed by atoms with Crippen molar-refractivity contribution in [2.24, 2.45) is 23.7 Å². The van der Waals surface area contributed by atoms with Crippen LogP contribution in [0.4, 0.5) is 13.2 Å². The molecular weight excluding hydrogens is 329 g/mol. The molecule has 3 rings (SSSR count). The van der Waals surface area contributed by atoms with Gasteiger partial charge in [0.1, 0.15) is 0 Å². The Bertz CT molecular complexity index is 405. The third-order valence-corrected chi connectivity index (χ3v) is 5.83. The molecule has 1 N–H and O–H groups in total. The maximum absolute atomic E-state index is 13.2. The molecule has 0 bridgehead atoms. The first-order chi connectivity index (χ1) is 10.5. The minimum atomic E-state index is -4.24. The quantitative estimate of drug-likeness (QED) is 0.784. The van der Waals surface area contributed by atoms with Gasteiger partial charge in [-0.25, -0.2) is 0 Å². The Morgan fingerprint density at radius 2 is 1.52 bits per heavy atom. The minimum absolute atomic E-state index is 0. The van der Waals surface area contributed by atoms with Gasteiger partial charge in [0.05, 0.1) is 5.92 Å². The van der Waals surface area contributed by atoms with Crippen LogP contribution in [0, 0.1) is 23.7 Å². The maximum atomic E-state index is 13.2. The van der Waals surface area contributed by atoms with Crippen molar-refractivity contribution in [3.63, 3.8) is 0 Å². The monoisotopic (exact) mass is 354 g/mol. The number of alkyl halides is 3. The highest BCUT2D eigenvalue weighted by Gasteiger charge is 2.49. The fraction of sp³-hybridized carbons (Fsp3) is 0.938. The molecule has 3 nitrogen and oxygen atoms in total. The fourth-order valence-electron chi connectivity index (χ4n) is 4.49. The van der Waals surface area contributed by atoms with Crippen molar-refractivity contribution >= 4 is 18.3 Å². The minimum Gasteiger partial charge on any atom is -0.342 e. The van der Waals surface area contributed by atoms with Crippen molar-refractivity contribution in [3.8, 4) is 0 Å². The van der Waals surface area contributed by atoms with Gasteiger partial charge in [-0.15, -0.1) is 12.4 Å². The second-order valence-corrected chi connectivity index (χ2v) is 7.12. The summed E-state index contributed by atoms with van der Waals surface area (Å²) in [6.07, 6.45) is -0.556. The molecule has 0 radical (unpaired) electrons. The van der Waals surface area contributed by atoms with Crippen LogP contribution in [0.5, 0.6) is 0 Å². The van der Waals surface area contributed by atoms with E-state index in [2.05, 4.69) is 5.32 Å². The molecule has 3 aliphatic rings. The van der Waals surface area contributed by atoms with Crippen LogP contribution < -0.4 is 5.32 Å². The van der Waals surface area contributed by atoms with E-state index in [1.54, 1.807) is 4.90 Å². The normalized spacial score (nSPS) is 35.2. The molecule has 0 spiro atoms. The first-order valence-corrected chi connectivity index (χ1v) is 8.53. The summed E-state index contributed by atoms with van der Waals surface area (Å²) in [7, 11) is 0. The lowest BCUT2D eigenvalue weighted by Gasteiger charge is -2.35. The van der Waals surface area contributed by atoms with Gasteiger partial charge in [-0.3, -0.25) is 4.79 Å². The summed E-state index contributed by atoms with van der Waals surface area (Å²) in [5, 5.41) is 3.37. The third kappa shape index (κ3) is 4.13. The van der Waals surface area contributed by atoms with E-state index in [0.717, 1.165) is 32.4 Å². The van der Waals surface area contributed by atoms with E-state index in [9.17, 15) is 18.0 Å². The van der Waals surface area contributed by atoms with E-state index < -0.39 is 18.0 Å². The number of amides is 1. The van der Waals surface area contributed by atoms with Crippen molar-refractivity contribution in [1.29, 1.82) is 0 Å². The number of carbonyl (C=O) groups is 1. The number of halogens is 4. The number of nitrogens with zero attached hydrogens (tertiary/aromatic N) is 1. The lowest BCUT2D eigenvalue weighted by Crippen LogP contribution is -2.45. The van der Waals surface area contributed by atoms with Gasteiger partial charge in [-0.2, -0.15) is 13.2 Å². The van der Waals surface area contributed by atoms with E-state index in [1.165, 1.54) is 0 Å². The van der Waals surface area contributed by atoms with Crippen LogP contribution in [0.25, 0.3) is 0 Å². The zero-order chi connectivity index (χ0) is 15.7. The van der Waals surface area contributed by atoms with E-state index in [-0.39, 0.29) is 24.7 Å². The smallest absolute Gasteiger partial charge is 0.342 e. The molecule has 0 aromatic carbocycles. The summed E-state index contributed by atoms with van der Waals surface area (Å²) in [6, 6.07) is 0. The van der Waals surface area contributed by atoms with Crippen LogP contribution >= 0.6 is 12.4 Å². The lowest BCUT2D eigenvalue weighted by molar-refractivity contribution is -0.200. The summed E-state index contributed by atoms with van der Waals surface area (Å²) < 4.78 is 39.6. The molecule has 2 unspecified atom stereocenters. The molecule has 1 aliphatic carbocycles. The highest BCUT2D eigenvalue weighted by atomic mass is 35.5. The summed E-state index contributed by atoms with van der Waals surface area (Å²) in [6.45, 7) is 3.23. The van der Waals surface area contributed by atoms with E-state index >= 15 is 0 Å². The molecule has 1 amide bonds. The average molecular weight is 355 g/mol. The molecule has 2 aliphatic heterocycles. The number of likely N-dealkylation sites (tertiary alicyclic amines) is 1. The topological polar surface area (TPSA) is 32.3 Å². The molecule has 1 saturated carbocycles. The lowest BCUT2D eigenvalue weighted by atomic mass is 9.78. The summed E-state index contributed by atoms with van der Waals surface area (Å²) in [5.41, 5.74) is 0. The Kier molecular flexibility index (Phi) is 6.22. The zero-order valence-corrected chi connectivity index (χ0v) is 14.1. The molecular formula is C16H26ClF3N2O. The van der Waals surface area contributed by atoms with Crippen molar-refractivity contribution < 1.29 is 18.0 Å². The van der Waals surface area contributed by atoms with Gasteiger partial charge in [0.2, 0.25) is 5.91 Å². The Hall–Kier alpha value is -0.490. The number of rotatable bonds is 1. The molecule has 2 saturated heterocycles. The number of nitrogens with one attached hydrogen (secondary N) is 1. The number of hydrogen-bond donors (Lipinski definition) is 1. The van der Waals surface area contributed by atoms with Crippen molar-refractivity contribution in [2.75, 3.05) is 26.2 Å². The van der Waals surface area contributed by atoms with Crippen molar-refractivity contribution in [2.45, 2.75) is 44.7 Å². The largest absolute Gasteiger partial charge is 0.392 e. The van der Waals surface area contributed by atoms with E-state index in [0.29, 0.717) is 37.8 Å². The standard InChI is InChI=1S/C16H25F3N2O.ClH/c17-16(18,19)14-4-2-1-3-13(14)15(22)21-7-5-11-9-20-10-12(11)6-8-21;/h11-14,20H,1-10H2;1H/t11-,12+,13?,14?;. The first-order valence-electron chi connectivity index (χ1n) is 8.53. The van der Waals surface area contributed by atoms with Gasteiger partial charge >= 0.3 is 6.18 Å². The second kappa shape index (κ2) is 7.60. The molecule has 0 aromatic heterocycles. The highest BCUT2D eigenvalue weighted by Crippen LogP contribution is 2.42. The van der Waals surface area contributed by atoms with E-state index in [4.69, 9.17) is 0 Å². The second-order valence-electron chi connectivity index (χ2n) is 7.12. The molecule has 7 heteroatoms. The first kappa shape index (κ1) is 18.8. The van der Waals surface area contributed by atoms with Crippen LogP contribution in [-0.4, -0.2) is 43.2 Å². The molecule has 3 fully saturated rings. The van der Waals surface area contributed by atoms with Crippen molar-refractivity contribution in [3.05, 3.63) is 0 Å². The van der Waals surface area contributed by atoms with Crippen LogP contribution in [0.1, 0.15) is 38.5 Å². The summed E-state index contributed by atoms with van der Waals surface area (Å²) in [4.78, 5) is 14.4. The van der Waals surface area contributed by atoms with Crippen molar-refractivity contribution in [1.82, 2.24) is 10.2 Å². The van der Waals surface area contributed by atoms with Gasteiger partial charge in [-0.05, 0) is 50.6 Å². The van der Waals surface area contributed by atoms with Crippen LogP contribution in [-0.2, 0) is 4.79 Å². The summed E-state index contributed by atoms with van der Waals surface area (Å²) in [5.74, 6) is -1.34. The van der Waals surface area contributed by atoms with Gasteiger partial charge in [0.15, 0.2) is 0 Å². The Balaban J connectivity index is 0.00000192. The van der Waals surface area contributed by atoms with Gasteiger partial charge in [0.25, 0.3) is 0 Å². The number of hydrogen-bond acceptors (Lipinski definition) is 2. The maximum Gasteiger partial charge on any atom is 0.392 e. The Labute approximate surface area is 141 Å². The van der Waals surface area contributed by atoms with Gasteiger partial charge in [-0.1, -0.05) is 12.8 Å². The average Bonchev–Trinajstić information content (AvgIpc) is 2.84. The molecule has 0 aromatic rings. The van der Waals surface area contributed by atoms with Crippen LogP contribution in [0.15, 0.2) is 0 Å². The van der Waals surface area contributed by atoms with Gasteiger partial charge < -0.3 is 10.2 Å². The predicted octanol–water partition coefficient (Wildman–Crippen LogP) is 3.23. The highest BCUT2D eigenvalue weighted by molar-refractivity contribution is 5.85. The third-order valence-electron chi connectivity index (χ3n) is 5.83. The predicted molar refractivity (Wildman–Crippen MR) is 84.4 cm³/mol. The SMILES string of the molecule is Cl.O=C(C1CCCCC1C(F)(F)F)N1CC[C@@H]2CNC[C@@H]2CC1. The van der Waals surface area contributed by atoms with Gasteiger partial charge in [0, 0.05) is 19.0 Å². The molecule has 2 heterocycles. The Morgan fingerprint density at radius 3 is 2.09 bits per heavy atom. The fourth-order valence-corrected chi connectivity index (χ4v) is 4.49. The molecule has 23 heavy (non-hydrogen) atoms. The Morgan fingerprint density at radius 1 is 0.957 bits per heavy atom. The summed E-state index contributed by atoms with van der Waals surface area (Å²) >= 11 is 0. The molecule has 134 valence electrons. The number of fused-ring (bicyclic) bond motifs is 1. The molecule has 4 atom stereocenters. The van der Waals surface area contributed by atoms with E-state index in [1.807, 2.05) is 0 Å². The van der Waals surface area contributed by atoms with Crippen LogP contribution in [0.3, 0.4) is 0 Å². The van der Waals surface area contributed by atoms with Crippen LogP contribution in [0.2, 0.25) is 0 Å². The zero-order valence-electron chi connectivity index (χ0n) is 13.3.